The molecule has 0 spiro atoms. The predicted octanol–water partition coefficient (Wildman–Crippen LogP) is 15.0. The van der Waals surface area contributed by atoms with Gasteiger partial charge in [-0.05, 0) is 138 Å². The van der Waals surface area contributed by atoms with Crippen LogP contribution in [0.2, 0.25) is 0 Å². The fourth-order valence-corrected chi connectivity index (χ4v) is 9.14. The summed E-state index contributed by atoms with van der Waals surface area (Å²) in [5, 5.41) is 9.98. The molecule has 0 bridgehead atoms. The van der Waals surface area contributed by atoms with Gasteiger partial charge in [0, 0.05) is 11.8 Å². The quantitative estimate of drug-likeness (QED) is 0.163. The number of hydrogen-bond acceptors (Lipinski definition) is 1. The molecule has 0 fully saturated rings. The molecule has 0 N–H and O–H groups in total. The lowest BCUT2D eigenvalue weighted by molar-refractivity contribution is 1.32. The summed E-state index contributed by atoms with van der Waals surface area (Å²) in [7, 11) is 0. The van der Waals surface area contributed by atoms with E-state index < -0.39 is 0 Å². The highest BCUT2D eigenvalue weighted by Crippen LogP contribution is 2.47. The molecule has 0 aliphatic rings. The molecule has 0 aliphatic heterocycles. The van der Waals surface area contributed by atoms with E-state index in [0.29, 0.717) is 0 Å². The van der Waals surface area contributed by atoms with Gasteiger partial charge in [-0.2, -0.15) is 0 Å². The first-order valence-corrected chi connectivity index (χ1v) is 19.1. The van der Waals surface area contributed by atoms with Gasteiger partial charge in [0.1, 0.15) is 0 Å². The molecule has 55 heavy (non-hydrogen) atoms. The third-order valence-electron chi connectivity index (χ3n) is 11.4. The molecule has 0 amide bonds. The minimum atomic E-state index is 0.978. The lowest BCUT2D eigenvalue weighted by Gasteiger charge is -2.20. The number of pyridine rings is 1. The van der Waals surface area contributed by atoms with Gasteiger partial charge in [0.25, 0.3) is 0 Å². The zero-order chi connectivity index (χ0) is 37.0. The summed E-state index contributed by atoms with van der Waals surface area (Å²) in [6.07, 6.45) is 1.94. The Hall–Kier alpha value is -6.83. The monoisotopic (exact) mass is 701 g/mol. The fourth-order valence-electron chi connectivity index (χ4n) is 9.14. The molecule has 10 rings (SSSR count). The Labute approximate surface area is 322 Å². The van der Waals surface area contributed by atoms with Gasteiger partial charge < -0.3 is 0 Å². The lowest BCUT2D eigenvalue weighted by atomic mass is 9.83. The number of hydrogen-bond donors (Lipinski definition) is 0. The van der Waals surface area contributed by atoms with Gasteiger partial charge in [-0.1, -0.05) is 163 Å². The molecule has 0 atom stereocenters. The minimum absolute atomic E-state index is 0.978. The van der Waals surface area contributed by atoms with Crippen molar-refractivity contribution < 1.29 is 0 Å². The van der Waals surface area contributed by atoms with E-state index in [2.05, 4.69) is 197 Å². The average Bonchev–Trinajstić information content (AvgIpc) is 3.22. The van der Waals surface area contributed by atoms with E-state index in [1.54, 1.807) is 0 Å². The minimum Gasteiger partial charge on any atom is -0.256 e. The highest BCUT2D eigenvalue weighted by atomic mass is 14.7. The Balaban J connectivity index is 1.17. The largest absolute Gasteiger partial charge is 0.256 e. The lowest BCUT2D eigenvalue weighted by Crippen LogP contribution is -1.94. The molecule has 0 unspecified atom stereocenters. The highest BCUT2D eigenvalue weighted by Gasteiger charge is 2.20. The normalized spacial score (nSPS) is 11.5. The van der Waals surface area contributed by atoms with E-state index in [4.69, 9.17) is 4.98 Å². The van der Waals surface area contributed by atoms with Crippen LogP contribution in [0, 0.1) is 20.8 Å². The molecule has 0 aliphatic carbocycles. The van der Waals surface area contributed by atoms with Crippen molar-refractivity contribution >= 4 is 43.1 Å². The zero-order valence-corrected chi connectivity index (χ0v) is 31.3. The molecule has 0 radical (unpaired) electrons. The molecule has 260 valence electrons. The smallest absolute Gasteiger partial charge is 0.0714 e. The van der Waals surface area contributed by atoms with Gasteiger partial charge in [0.15, 0.2) is 0 Å². The molecular formula is C54H39N. The topological polar surface area (TPSA) is 12.9 Å². The molecule has 0 saturated heterocycles. The fraction of sp³-hybridized carbons (Fsp3) is 0.0556. The third kappa shape index (κ3) is 5.51. The van der Waals surface area contributed by atoms with E-state index in [1.807, 2.05) is 6.20 Å². The van der Waals surface area contributed by atoms with Gasteiger partial charge in [-0.3, -0.25) is 4.98 Å². The first-order chi connectivity index (χ1) is 27.0. The van der Waals surface area contributed by atoms with Gasteiger partial charge in [0.2, 0.25) is 0 Å². The maximum Gasteiger partial charge on any atom is 0.0714 e. The van der Waals surface area contributed by atoms with Crippen LogP contribution in [0.15, 0.2) is 182 Å². The van der Waals surface area contributed by atoms with Gasteiger partial charge in [-0.25, -0.2) is 0 Å². The van der Waals surface area contributed by atoms with Crippen LogP contribution in [0.3, 0.4) is 0 Å². The van der Waals surface area contributed by atoms with Gasteiger partial charge >= 0.3 is 0 Å². The van der Waals surface area contributed by atoms with Crippen molar-refractivity contribution in [2.45, 2.75) is 20.8 Å². The van der Waals surface area contributed by atoms with Crippen LogP contribution in [0.25, 0.3) is 98.9 Å². The van der Waals surface area contributed by atoms with Crippen molar-refractivity contribution in [3.8, 4) is 55.8 Å². The van der Waals surface area contributed by atoms with Crippen LogP contribution >= 0.6 is 0 Å². The number of aromatic nitrogens is 1. The maximum absolute atomic E-state index is 4.84. The Bertz CT molecular complexity index is 3040. The van der Waals surface area contributed by atoms with Crippen molar-refractivity contribution in [2.24, 2.45) is 0 Å². The summed E-state index contributed by atoms with van der Waals surface area (Å²) in [6, 6.07) is 64.6. The predicted molar refractivity (Wildman–Crippen MR) is 236 cm³/mol. The SMILES string of the molecule is Cc1cc(C)c(-c2cccc3c(-c4c5ccccc5c(-c5cccc(-c6ccnc(-c7cccc8ccccc78)c6)c5)c5ccccc45)cccc23)c(C)c1. The number of aryl methyl sites for hydroxylation is 3. The van der Waals surface area contributed by atoms with Crippen LogP contribution in [0.5, 0.6) is 0 Å². The first-order valence-electron chi connectivity index (χ1n) is 19.1. The van der Waals surface area contributed by atoms with Gasteiger partial charge in [0.05, 0.1) is 5.69 Å². The van der Waals surface area contributed by atoms with Crippen molar-refractivity contribution in [1.29, 1.82) is 0 Å². The summed E-state index contributed by atoms with van der Waals surface area (Å²) in [5.74, 6) is 0. The summed E-state index contributed by atoms with van der Waals surface area (Å²) >= 11 is 0. The van der Waals surface area contributed by atoms with Crippen LogP contribution in [0.1, 0.15) is 16.7 Å². The Morgan fingerprint density at radius 3 is 1.47 bits per heavy atom. The highest BCUT2D eigenvalue weighted by molar-refractivity contribution is 6.24. The molecule has 0 saturated carbocycles. The molecule has 1 heteroatoms. The Morgan fingerprint density at radius 2 is 0.800 bits per heavy atom. The van der Waals surface area contributed by atoms with Crippen molar-refractivity contribution in [1.82, 2.24) is 4.98 Å². The van der Waals surface area contributed by atoms with Crippen LogP contribution in [-0.2, 0) is 0 Å². The van der Waals surface area contributed by atoms with Crippen molar-refractivity contribution in [2.75, 3.05) is 0 Å². The zero-order valence-electron chi connectivity index (χ0n) is 31.3. The number of fused-ring (bicyclic) bond motifs is 4. The molecule has 1 aromatic heterocycles. The van der Waals surface area contributed by atoms with E-state index in [0.717, 1.165) is 16.8 Å². The summed E-state index contributed by atoms with van der Waals surface area (Å²) in [4.78, 5) is 4.84. The van der Waals surface area contributed by atoms with Crippen LogP contribution < -0.4 is 0 Å². The number of rotatable bonds is 5. The first kappa shape index (κ1) is 32.8. The molecule has 1 heterocycles. The Morgan fingerprint density at radius 1 is 0.327 bits per heavy atom. The van der Waals surface area contributed by atoms with E-state index in [-0.39, 0.29) is 0 Å². The van der Waals surface area contributed by atoms with Crippen molar-refractivity contribution in [3.05, 3.63) is 199 Å². The van der Waals surface area contributed by atoms with E-state index >= 15 is 0 Å². The molecule has 10 aromatic rings. The van der Waals surface area contributed by atoms with E-state index in [1.165, 1.54) is 98.7 Å². The van der Waals surface area contributed by atoms with Crippen LogP contribution in [-0.4, -0.2) is 4.98 Å². The van der Waals surface area contributed by atoms with Crippen molar-refractivity contribution in [3.63, 3.8) is 0 Å². The second kappa shape index (κ2) is 13.2. The summed E-state index contributed by atoms with van der Waals surface area (Å²) in [5.41, 5.74) is 16.0. The second-order valence-corrected chi connectivity index (χ2v) is 14.9. The molecule has 9 aromatic carbocycles. The summed E-state index contributed by atoms with van der Waals surface area (Å²) < 4.78 is 0. The van der Waals surface area contributed by atoms with Crippen LogP contribution in [0.4, 0.5) is 0 Å². The van der Waals surface area contributed by atoms with Gasteiger partial charge in [-0.15, -0.1) is 0 Å². The number of benzene rings is 9. The average molecular weight is 702 g/mol. The molecule has 1 nitrogen and oxygen atoms in total. The summed E-state index contributed by atoms with van der Waals surface area (Å²) in [6.45, 7) is 6.67. The maximum atomic E-state index is 4.84. The molecular weight excluding hydrogens is 663 g/mol. The Kier molecular flexibility index (Phi) is 7.89. The number of nitrogens with zero attached hydrogens (tertiary/aromatic N) is 1. The standard InChI is InChI=1S/C54H39N/c1-34-30-35(2)52(36(3)31-34)45-26-12-24-43-42(45)23-13-27-46(43)54-49-21-8-6-19-47(49)53(48-20-7-9-22-50(48)54)40-17-10-16-38(32-40)39-28-29-55-51(33-39)44-25-11-15-37-14-4-5-18-41(37)44/h4-33H,1-3H3. The third-order valence-corrected chi connectivity index (χ3v) is 11.4. The second-order valence-electron chi connectivity index (χ2n) is 14.9. The van der Waals surface area contributed by atoms with E-state index in [9.17, 15) is 0 Å².